The van der Waals surface area contributed by atoms with Crippen molar-refractivity contribution >= 4 is 39.1 Å². The van der Waals surface area contributed by atoms with E-state index in [1.165, 1.54) is 0 Å². The van der Waals surface area contributed by atoms with Gasteiger partial charge in [-0.3, -0.25) is 9.20 Å². The number of pyridine rings is 1. The van der Waals surface area contributed by atoms with E-state index in [2.05, 4.69) is 31.4 Å². The van der Waals surface area contributed by atoms with Gasteiger partial charge in [0.15, 0.2) is 11.5 Å². The zero-order chi connectivity index (χ0) is 18.9. The predicted octanol–water partition coefficient (Wildman–Crippen LogP) is 3.28. The molecule has 3 rings (SSSR count). The fourth-order valence-corrected chi connectivity index (χ4v) is 3.16. The Kier molecular flexibility index (Phi) is 5.32. The average molecular weight is 437 g/mol. The Labute approximate surface area is 164 Å². The van der Waals surface area contributed by atoms with E-state index in [1.54, 1.807) is 36.6 Å². The number of nitrogens with zero attached hydrogens (tertiary/aromatic N) is 3. The number of carbonyl (C=O) groups excluding carboxylic acids is 1. The molecule has 0 aliphatic rings. The number of nitrogens with two attached hydrogens (primary N) is 1. The van der Waals surface area contributed by atoms with E-state index in [0.717, 1.165) is 10.0 Å². The standard InChI is InChI=1S/C18H19BrClN5O/c1-18(2,21)17(26)22-14(9-11-5-3-4-6-13(11)19)16-24-23-15-8-7-12(20)10-25(15)16/h3-8,10,14H,9,21H2,1-2H3,(H,22,26)/t14-/m1/s1. The number of hydrogen-bond donors (Lipinski definition) is 2. The highest BCUT2D eigenvalue weighted by atomic mass is 79.9. The third kappa shape index (κ3) is 4.06. The maximum absolute atomic E-state index is 12.5. The lowest BCUT2D eigenvalue weighted by Gasteiger charge is -2.24. The fourth-order valence-electron chi connectivity index (χ4n) is 2.56. The van der Waals surface area contributed by atoms with Crippen LogP contribution in [-0.4, -0.2) is 26.0 Å². The Morgan fingerprint density at radius 1 is 1.31 bits per heavy atom. The maximum atomic E-state index is 12.5. The van der Waals surface area contributed by atoms with E-state index in [9.17, 15) is 4.79 Å². The average Bonchev–Trinajstić information content (AvgIpc) is 2.98. The lowest BCUT2D eigenvalue weighted by atomic mass is 10.0. The molecular weight excluding hydrogens is 418 g/mol. The van der Waals surface area contributed by atoms with Crippen LogP contribution in [-0.2, 0) is 11.2 Å². The smallest absolute Gasteiger partial charge is 0.240 e. The van der Waals surface area contributed by atoms with Gasteiger partial charge < -0.3 is 11.1 Å². The van der Waals surface area contributed by atoms with Gasteiger partial charge in [0, 0.05) is 17.1 Å². The van der Waals surface area contributed by atoms with Crippen molar-refractivity contribution in [1.29, 1.82) is 0 Å². The van der Waals surface area contributed by atoms with Crippen molar-refractivity contribution in [3.63, 3.8) is 0 Å². The summed E-state index contributed by atoms with van der Waals surface area (Å²) in [6.45, 7) is 3.33. The van der Waals surface area contributed by atoms with Crippen molar-refractivity contribution in [1.82, 2.24) is 19.9 Å². The number of halogens is 2. The van der Waals surface area contributed by atoms with Crippen molar-refractivity contribution in [2.75, 3.05) is 0 Å². The van der Waals surface area contributed by atoms with Crippen LogP contribution in [0.1, 0.15) is 31.3 Å². The minimum atomic E-state index is -1.01. The van der Waals surface area contributed by atoms with Crippen LogP contribution < -0.4 is 11.1 Å². The molecule has 0 bridgehead atoms. The second kappa shape index (κ2) is 7.34. The second-order valence-corrected chi connectivity index (χ2v) is 7.97. The van der Waals surface area contributed by atoms with Crippen LogP contribution in [0.25, 0.3) is 5.65 Å². The molecule has 0 saturated carbocycles. The van der Waals surface area contributed by atoms with Crippen LogP contribution in [0.5, 0.6) is 0 Å². The monoisotopic (exact) mass is 435 g/mol. The molecule has 0 unspecified atom stereocenters. The first kappa shape index (κ1) is 18.8. The Hall–Kier alpha value is -1.96. The van der Waals surface area contributed by atoms with Crippen molar-refractivity contribution in [3.8, 4) is 0 Å². The van der Waals surface area contributed by atoms with Gasteiger partial charge in [-0.05, 0) is 37.6 Å². The Morgan fingerprint density at radius 2 is 2.04 bits per heavy atom. The van der Waals surface area contributed by atoms with Crippen LogP contribution >= 0.6 is 27.5 Å². The molecule has 0 aliphatic heterocycles. The van der Waals surface area contributed by atoms with E-state index in [0.29, 0.717) is 22.9 Å². The predicted molar refractivity (Wildman–Crippen MR) is 105 cm³/mol. The molecule has 2 aromatic heterocycles. The highest BCUT2D eigenvalue weighted by Gasteiger charge is 2.28. The van der Waals surface area contributed by atoms with Crippen LogP contribution in [0.4, 0.5) is 0 Å². The summed E-state index contributed by atoms with van der Waals surface area (Å²) in [5, 5.41) is 12.0. The van der Waals surface area contributed by atoms with Gasteiger partial charge in [0.1, 0.15) is 0 Å². The van der Waals surface area contributed by atoms with E-state index < -0.39 is 11.6 Å². The molecule has 3 N–H and O–H groups in total. The number of aromatic nitrogens is 3. The minimum Gasteiger partial charge on any atom is -0.344 e. The van der Waals surface area contributed by atoms with Crippen LogP contribution in [0, 0.1) is 0 Å². The Bertz CT molecular complexity index is 950. The molecule has 136 valence electrons. The van der Waals surface area contributed by atoms with Gasteiger partial charge >= 0.3 is 0 Å². The summed E-state index contributed by atoms with van der Waals surface area (Å²) >= 11 is 9.68. The normalized spacial score (nSPS) is 13.0. The van der Waals surface area contributed by atoms with Gasteiger partial charge in [0.2, 0.25) is 5.91 Å². The summed E-state index contributed by atoms with van der Waals surface area (Å²) < 4.78 is 2.74. The van der Waals surface area contributed by atoms with Crippen LogP contribution in [0.3, 0.4) is 0 Å². The van der Waals surface area contributed by atoms with Gasteiger partial charge in [0.05, 0.1) is 16.6 Å². The summed E-state index contributed by atoms with van der Waals surface area (Å²) in [7, 11) is 0. The topological polar surface area (TPSA) is 85.3 Å². The zero-order valence-electron chi connectivity index (χ0n) is 14.4. The first-order valence-electron chi connectivity index (χ1n) is 8.09. The molecule has 0 aliphatic carbocycles. The number of rotatable bonds is 5. The number of hydrogen-bond acceptors (Lipinski definition) is 4. The maximum Gasteiger partial charge on any atom is 0.240 e. The Morgan fingerprint density at radius 3 is 2.73 bits per heavy atom. The zero-order valence-corrected chi connectivity index (χ0v) is 16.8. The summed E-state index contributed by atoms with van der Waals surface area (Å²) in [6, 6.07) is 11.0. The lowest BCUT2D eigenvalue weighted by Crippen LogP contribution is -2.50. The van der Waals surface area contributed by atoms with E-state index in [1.807, 2.05) is 24.3 Å². The summed E-state index contributed by atoms with van der Waals surface area (Å²) in [5.74, 6) is 0.323. The van der Waals surface area contributed by atoms with Gasteiger partial charge in [0.25, 0.3) is 0 Å². The number of amides is 1. The number of benzene rings is 1. The minimum absolute atomic E-state index is 0.270. The van der Waals surface area contributed by atoms with Crippen LogP contribution in [0.2, 0.25) is 5.02 Å². The van der Waals surface area contributed by atoms with Crippen molar-refractivity contribution in [2.45, 2.75) is 31.8 Å². The summed E-state index contributed by atoms with van der Waals surface area (Å²) in [4.78, 5) is 12.5. The summed E-state index contributed by atoms with van der Waals surface area (Å²) in [5.41, 5.74) is 6.63. The van der Waals surface area contributed by atoms with Crippen LogP contribution in [0.15, 0.2) is 47.1 Å². The largest absolute Gasteiger partial charge is 0.344 e. The molecule has 0 radical (unpaired) electrons. The van der Waals surface area contributed by atoms with E-state index >= 15 is 0 Å². The first-order chi connectivity index (χ1) is 12.3. The third-order valence-electron chi connectivity index (χ3n) is 3.98. The molecular formula is C18H19BrClN5O. The molecule has 6 nitrogen and oxygen atoms in total. The lowest BCUT2D eigenvalue weighted by molar-refractivity contribution is -0.126. The second-order valence-electron chi connectivity index (χ2n) is 6.68. The van der Waals surface area contributed by atoms with E-state index in [4.69, 9.17) is 17.3 Å². The number of carbonyl (C=O) groups is 1. The highest BCUT2D eigenvalue weighted by Crippen LogP contribution is 2.24. The molecule has 0 fully saturated rings. The highest BCUT2D eigenvalue weighted by molar-refractivity contribution is 9.10. The molecule has 1 aromatic carbocycles. The molecule has 1 amide bonds. The Balaban J connectivity index is 2.03. The molecule has 1 atom stereocenters. The molecule has 0 spiro atoms. The molecule has 2 heterocycles. The third-order valence-corrected chi connectivity index (χ3v) is 4.97. The van der Waals surface area contributed by atoms with Gasteiger partial charge in [-0.2, -0.15) is 0 Å². The summed E-state index contributed by atoms with van der Waals surface area (Å²) in [6.07, 6.45) is 2.26. The van der Waals surface area contributed by atoms with Crippen molar-refractivity contribution in [3.05, 3.63) is 63.5 Å². The van der Waals surface area contributed by atoms with Gasteiger partial charge in [-0.1, -0.05) is 45.7 Å². The molecule has 0 saturated heterocycles. The molecule has 8 heteroatoms. The van der Waals surface area contributed by atoms with Gasteiger partial charge in [-0.15, -0.1) is 10.2 Å². The van der Waals surface area contributed by atoms with Crippen molar-refractivity contribution < 1.29 is 4.79 Å². The number of fused-ring (bicyclic) bond motifs is 1. The molecule has 3 aromatic rings. The van der Waals surface area contributed by atoms with Gasteiger partial charge in [-0.25, -0.2) is 0 Å². The van der Waals surface area contributed by atoms with E-state index in [-0.39, 0.29) is 5.91 Å². The first-order valence-corrected chi connectivity index (χ1v) is 9.26. The molecule has 26 heavy (non-hydrogen) atoms. The number of nitrogens with one attached hydrogen (secondary N) is 1. The van der Waals surface area contributed by atoms with Crippen molar-refractivity contribution in [2.24, 2.45) is 5.73 Å². The SMILES string of the molecule is CC(C)(N)C(=O)N[C@H](Cc1ccccc1Br)c1nnc2ccc(Cl)cn12. The fraction of sp³-hybridized carbons (Fsp3) is 0.278. The quantitative estimate of drug-likeness (QED) is 0.643.